The summed E-state index contributed by atoms with van der Waals surface area (Å²) in [7, 11) is -1.68. The number of halogens is 1. The number of methoxy groups -OCH3 is 3. The van der Waals surface area contributed by atoms with Crippen LogP contribution in [-0.4, -0.2) is 130 Å². The molecule has 3 aliphatic rings. The molecule has 26 heteroatoms. The Morgan fingerprint density at radius 2 is 0.928 bits per heavy atom. The highest BCUT2D eigenvalue weighted by Gasteiger charge is 2.48. The van der Waals surface area contributed by atoms with Crippen molar-refractivity contribution in [1.82, 2.24) is 28.7 Å². The van der Waals surface area contributed by atoms with Gasteiger partial charge in [-0.05, 0) is 47.3 Å². The van der Waals surface area contributed by atoms with Crippen LogP contribution in [0, 0.1) is 18.8 Å². The van der Waals surface area contributed by atoms with Crippen molar-refractivity contribution in [2.45, 2.75) is 140 Å². The van der Waals surface area contributed by atoms with E-state index in [1.165, 1.54) is 87.2 Å². The lowest BCUT2D eigenvalue weighted by atomic mass is 9.98. The van der Waals surface area contributed by atoms with Crippen LogP contribution in [-0.2, 0) is 38.5 Å². The van der Waals surface area contributed by atoms with Crippen molar-refractivity contribution < 1.29 is 51.6 Å². The molecule has 3 aromatic carbocycles. The number of ether oxygens (including phenoxy) is 6. The van der Waals surface area contributed by atoms with Crippen molar-refractivity contribution in [2.75, 3.05) is 27.9 Å². The molecule has 3 saturated heterocycles. The minimum Gasteiger partial charge on any atom is -0.394 e. The molecule has 6 heterocycles. The Balaban J connectivity index is 0.000000192. The second-order valence-electron chi connectivity index (χ2n) is 21.0. The van der Waals surface area contributed by atoms with E-state index in [1.54, 1.807) is 19.2 Å². The third-order valence-electron chi connectivity index (χ3n) is 14.6. The Labute approximate surface area is 486 Å². The second kappa shape index (κ2) is 30.0. The number of aliphatic hydroxyl groups is 2. The normalized spacial score (nSPS) is 24.9. The van der Waals surface area contributed by atoms with Crippen molar-refractivity contribution in [3.63, 3.8) is 0 Å². The number of aromatic amines is 3. The standard InChI is InChI=1S/C16H19ClSi.C12H18N2O4.2C11H16N2O5.C7H8O3S/c1-16(2,3)18(17,14-10-6-4-7-11-14)15-12-8-5-9-13-15;1-4-8-7(2)10(17-3)11(18-8)14-6-5-9(15)13-12(14)16;1-6-7(5-14)18-10(9(6)17-2)13-4-3-8(15)12-11(13)16;1-3-6-8(15)9(17-2)10(18-6)13-5-4-7(14)12-11(13)16;1-6-2-4-7(5-3-6)11(8,9)10/h4-13H,1-3H3;5-8,10-11H,4H2,1-3H3,(H,13,15,16);3-4,6-7,9-10,14H,5H2,1-2H3,(H,12,15,16);4-6,8-10,15H,3H2,1-2H3,(H,12,14,16);2-5H,1H3,(H,8,9,10)/t;7-,8+,10?,11+;6-,7+,9?,10+;6-,8+,9?,10-;/m.001./s1. The van der Waals surface area contributed by atoms with Crippen LogP contribution in [0.25, 0.3) is 0 Å². The summed E-state index contributed by atoms with van der Waals surface area (Å²) in [6, 6.07) is 30.8. The zero-order valence-electron chi connectivity index (χ0n) is 48.3. The van der Waals surface area contributed by atoms with Crippen LogP contribution >= 0.6 is 11.1 Å². The molecular weight excluding hydrogens is 1140 g/mol. The van der Waals surface area contributed by atoms with E-state index in [9.17, 15) is 47.4 Å². The van der Waals surface area contributed by atoms with Crippen LogP contribution in [0.5, 0.6) is 0 Å². The summed E-state index contributed by atoms with van der Waals surface area (Å²) < 4.78 is 66.4. The lowest BCUT2D eigenvalue weighted by Crippen LogP contribution is -2.59. The molecule has 23 nitrogen and oxygen atoms in total. The van der Waals surface area contributed by atoms with E-state index < -0.39 is 94.3 Å². The van der Waals surface area contributed by atoms with Crippen LogP contribution in [0.3, 0.4) is 0 Å². The number of rotatable bonds is 12. The number of aryl methyl sites for hydroxylation is 1. The summed E-state index contributed by atoms with van der Waals surface area (Å²) in [6.45, 7) is 16.3. The molecule has 3 aromatic heterocycles. The average Bonchev–Trinajstić information content (AvgIpc) is 4.26. The lowest BCUT2D eigenvalue weighted by Gasteiger charge is -2.38. The SMILES string of the molecule is CC(C)(C)[Si](Cl)(c1ccccc1)c1ccccc1.CC[C@H]1O[C@@H](n2ccc(=O)[nH]c2=O)C(OC)[C@H]1C.CC[C@H]1O[C@@H](n2ccc(=O)[nH]c2=O)C(OC)[C@H]1O.COC1[C@@H](C)[C@@H](CO)O[C@H]1n1ccc(=O)[nH]c1=O.Cc1ccc(S(=O)(=O)O)cc1. The maximum absolute atomic E-state index is 11.8. The number of nitrogens with one attached hydrogen (secondary N) is 3. The van der Waals surface area contributed by atoms with Crippen molar-refractivity contribution in [1.29, 1.82) is 0 Å². The monoisotopic (exact) mass is 1210 g/mol. The molecule has 12 atom stereocenters. The molecule has 6 aromatic rings. The highest BCUT2D eigenvalue weighted by Crippen LogP contribution is 2.39. The Morgan fingerprint density at radius 3 is 1.25 bits per heavy atom. The third kappa shape index (κ3) is 16.6. The molecule has 3 aliphatic heterocycles. The molecule has 0 amide bonds. The average molecular weight is 1210 g/mol. The zero-order valence-corrected chi connectivity index (χ0v) is 50.9. The van der Waals surface area contributed by atoms with Gasteiger partial charge in [0.05, 0.1) is 29.8 Å². The van der Waals surface area contributed by atoms with E-state index in [1.807, 2.05) is 46.8 Å². The molecule has 0 spiro atoms. The summed E-state index contributed by atoms with van der Waals surface area (Å²) in [5, 5.41) is 21.8. The quantitative estimate of drug-likeness (QED) is 0.0576. The topological polar surface area (TPSA) is 315 Å². The minimum absolute atomic E-state index is 0.0520. The first-order valence-corrected chi connectivity index (χ1v) is 31.3. The Hall–Kier alpha value is -6.20. The van der Waals surface area contributed by atoms with Gasteiger partial charge in [-0.25, -0.2) is 14.4 Å². The van der Waals surface area contributed by atoms with Gasteiger partial charge in [0.1, 0.15) is 24.4 Å². The van der Waals surface area contributed by atoms with Crippen molar-refractivity contribution in [3.05, 3.63) is 190 Å². The van der Waals surface area contributed by atoms with Gasteiger partial charge in [0.25, 0.3) is 26.8 Å². The van der Waals surface area contributed by atoms with Crippen LogP contribution in [0.4, 0.5) is 0 Å². The van der Waals surface area contributed by atoms with Crippen LogP contribution in [0.2, 0.25) is 5.04 Å². The van der Waals surface area contributed by atoms with Gasteiger partial charge >= 0.3 is 17.1 Å². The first-order valence-electron chi connectivity index (χ1n) is 26.8. The Morgan fingerprint density at radius 1 is 0.578 bits per heavy atom. The Bertz CT molecular complexity index is 3220. The van der Waals surface area contributed by atoms with Crippen molar-refractivity contribution in [3.8, 4) is 0 Å². The highest BCUT2D eigenvalue weighted by molar-refractivity contribution is 7.85. The number of nitrogens with zero attached hydrogens (tertiary/aromatic N) is 3. The fourth-order valence-electron chi connectivity index (χ4n) is 9.99. The number of hydrogen-bond donors (Lipinski definition) is 6. The van der Waals surface area contributed by atoms with Gasteiger partial charge in [-0.1, -0.05) is 127 Å². The molecule has 0 saturated carbocycles. The van der Waals surface area contributed by atoms with Crippen LogP contribution in [0.15, 0.2) is 155 Å². The maximum atomic E-state index is 11.8. The molecule has 83 heavy (non-hydrogen) atoms. The third-order valence-corrected chi connectivity index (χ3v) is 22.8. The maximum Gasteiger partial charge on any atom is 0.330 e. The first kappa shape index (κ1) is 67.6. The predicted octanol–water partition coefficient (Wildman–Crippen LogP) is 3.82. The molecule has 0 radical (unpaired) electrons. The molecule has 3 fully saturated rings. The molecule has 9 rings (SSSR count). The summed E-state index contributed by atoms with van der Waals surface area (Å²) in [5.41, 5.74) is -2.01. The molecular formula is C57H77ClN6O17SSi. The molecule has 6 N–H and O–H groups in total. The summed E-state index contributed by atoms with van der Waals surface area (Å²) in [6.07, 6.45) is 1.02. The van der Waals surface area contributed by atoms with Gasteiger partial charge in [-0.3, -0.25) is 47.6 Å². The van der Waals surface area contributed by atoms with Crippen molar-refractivity contribution in [2.24, 2.45) is 11.8 Å². The van der Waals surface area contributed by atoms with Gasteiger partial charge in [-0.2, -0.15) is 19.5 Å². The van der Waals surface area contributed by atoms with Crippen LogP contribution < -0.4 is 44.1 Å². The van der Waals surface area contributed by atoms with Gasteiger partial charge in [0.15, 0.2) is 18.7 Å². The van der Waals surface area contributed by atoms with E-state index in [0.29, 0.717) is 6.42 Å². The van der Waals surface area contributed by atoms with E-state index in [0.717, 1.165) is 12.0 Å². The summed E-state index contributed by atoms with van der Waals surface area (Å²) >= 11 is 7.21. The number of aliphatic hydroxyl groups excluding tert-OH is 2. The molecule has 454 valence electrons. The van der Waals surface area contributed by atoms with E-state index in [4.69, 9.17) is 44.1 Å². The summed E-state index contributed by atoms with van der Waals surface area (Å²) in [4.78, 5) is 74.7. The number of H-pyrrole nitrogens is 3. The van der Waals surface area contributed by atoms with Gasteiger partial charge in [0.2, 0.25) is 7.38 Å². The van der Waals surface area contributed by atoms with E-state index >= 15 is 0 Å². The summed E-state index contributed by atoms with van der Waals surface area (Å²) in [5.74, 6) is 0.146. The largest absolute Gasteiger partial charge is 0.394 e. The molecule has 0 bridgehead atoms. The first-order chi connectivity index (χ1) is 39.2. The van der Waals surface area contributed by atoms with Gasteiger partial charge in [-0.15, -0.1) is 0 Å². The number of benzene rings is 3. The van der Waals surface area contributed by atoms with Crippen LogP contribution in [0.1, 0.15) is 85.6 Å². The minimum atomic E-state index is -4.02. The second-order valence-corrected chi connectivity index (χ2v) is 28.1. The van der Waals surface area contributed by atoms with E-state index in [-0.39, 0.29) is 46.7 Å². The van der Waals surface area contributed by atoms with Crippen molar-refractivity contribution >= 4 is 39.0 Å². The van der Waals surface area contributed by atoms with Gasteiger partial charge < -0.3 is 38.6 Å². The smallest absolute Gasteiger partial charge is 0.330 e. The van der Waals surface area contributed by atoms with E-state index in [2.05, 4.69) is 84.3 Å². The predicted molar refractivity (Wildman–Crippen MR) is 315 cm³/mol. The lowest BCUT2D eigenvalue weighted by molar-refractivity contribution is -0.0625. The number of hydrogen-bond acceptors (Lipinski definition) is 16. The zero-order chi connectivity index (χ0) is 61.6. The fourth-order valence-corrected chi connectivity index (χ4v) is 14.6. The molecule has 3 unspecified atom stereocenters. The molecule has 0 aliphatic carbocycles. The fraction of sp³-hybridized carbons (Fsp3) is 0.474. The van der Waals surface area contributed by atoms with Gasteiger partial charge in [0, 0.05) is 70.0 Å². The number of aromatic nitrogens is 6. The Kier molecular flexibility index (Phi) is 24.5. The highest BCUT2D eigenvalue weighted by atomic mass is 35.6.